The summed E-state index contributed by atoms with van der Waals surface area (Å²) in [6.45, 7) is 4.55. The number of hydrogen-bond donors (Lipinski definition) is 4. The third-order valence-corrected chi connectivity index (χ3v) is 6.26. The predicted molar refractivity (Wildman–Crippen MR) is 142 cm³/mol. The van der Waals surface area contributed by atoms with Gasteiger partial charge >= 0.3 is 6.09 Å². The molecule has 0 radical (unpaired) electrons. The number of alkyl carbamates (subject to hydrolysis) is 1. The molecule has 4 rings (SSSR count). The van der Waals surface area contributed by atoms with E-state index in [-0.39, 0.29) is 6.42 Å². The number of nitrogens with zero attached hydrogens (tertiary/aromatic N) is 5. The summed E-state index contributed by atoms with van der Waals surface area (Å²) in [6.07, 6.45) is -1.34. The van der Waals surface area contributed by atoms with Crippen molar-refractivity contribution >= 4 is 29.0 Å². The lowest BCUT2D eigenvalue weighted by Gasteiger charge is -2.26. The zero-order chi connectivity index (χ0) is 29.2. The molecule has 40 heavy (non-hydrogen) atoms. The Morgan fingerprint density at radius 3 is 2.52 bits per heavy atom. The second kappa shape index (κ2) is 11.7. The average molecular weight is 560 g/mol. The van der Waals surface area contributed by atoms with Crippen molar-refractivity contribution in [3.63, 3.8) is 0 Å². The molecule has 5 atom stereocenters. The lowest BCUT2D eigenvalue weighted by Crippen LogP contribution is -2.56. The van der Waals surface area contributed by atoms with Gasteiger partial charge in [-0.2, -0.15) is 0 Å². The Morgan fingerprint density at radius 1 is 1.20 bits per heavy atom. The molecule has 0 bridgehead atoms. The van der Waals surface area contributed by atoms with E-state index < -0.39 is 60.5 Å². The Kier molecular flexibility index (Phi) is 8.51. The van der Waals surface area contributed by atoms with E-state index in [1.165, 1.54) is 41.5 Å². The van der Waals surface area contributed by atoms with Crippen LogP contribution < -0.4 is 15.5 Å². The number of anilines is 1. The molecule has 3 aromatic rings. The number of ether oxygens (including phenoxy) is 2. The van der Waals surface area contributed by atoms with Gasteiger partial charge in [0, 0.05) is 20.5 Å². The fourth-order valence-corrected chi connectivity index (χ4v) is 4.44. The molecule has 1 aromatic carbocycles. The van der Waals surface area contributed by atoms with Crippen LogP contribution in [0.4, 0.5) is 15.0 Å². The van der Waals surface area contributed by atoms with Crippen molar-refractivity contribution in [2.75, 3.05) is 25.6 Å². The molecule has 2 amide bonds. The molecule has 2 aromatic heterocycles. The summed E-state index contributed by atoms with van der Waals surface area (Å²) >= 11 is 0. The first-order chi connectivity index (χ1) is 18.9. The van der Waals surface area contributed by atoms with Crippen molar-refractivity contribution in [2.24, 2.45) is 0 Å². The van der Waals surface area contributed by atoms with E-state index in [0.29, 0.717) is 22.5 Å². The maximum Gasteiger partial charge on any atom is 0.408 e. The van der Waals surface area contributed by atoms with E-state index in [1.54, 1.807) is 25.7 Å². The molecule has 0 aliphatic carbocycles. The Morgan fingerprint density at radius 2 is 1.90 bits per heavy atom. The normalized spacial score (nSPS) is 21.7. The third kappa shape index (κ3) is 6.46. The van der Waals surface area contributed by atoms with Crippen molar-refractivity contribution in [1.29, 1.82) is 0 Å². The van der Waals surface area contributed by atoms with E-state index in [1.807, 2.05) is 14.1 Å². The highest BCUT2D eigenvalue weighted by molar-refractivity contribution is 5.86. The topological polar surface area (TPSA) is 164 Å². The number of fused-ring (bicyclic) bond motifs is 1. The van der Waals surface area contributed by atoms with Gasteiger partial charge in [-0.1, -0.05) is 12.1 Å². The summed E-state index contributed by atoms with van der Waals surface area (Å²) in [5.74, 6) is -0.533. The van der Waals surface area contributed by atoms with Crippen LogP contribution in [0.2, 0.25) is 0 Å². The van der Waals surface area contributed by atoms with Gasteiger partial charge in [-0.25, -0.2) is 24.1 Å². The van der Waals surface area contributed by atoms with Gasteiger partial charge in [-0.05, 0) is 38.5 Å². The molecular formula is C26H34FN7O6. The number of benzene rings is 1. The second-order valence-electron chi connectivity index (χ2n) is 10.7. The molecule has 0 saturated carbocycles. The van der Waals surface area contributed by atoms with Crippen molar-refractivity contribution in [3.8, 4) is 0 Å². The molecule has 4 unspecified atom stereocenters. The summed E-state index contributed by atoms with van der Waals surface area (Å²) in [5, 5.41) is 26.5. The average Bonchev–Trinajstić information content (AvgIpc) is 3.44. The summed E-state index contributed by atoms with van der Waals surface area (Å²) < 4.78 is 26.2. The highest BCUT2D eigenvalue weighted by Gasteiger charge is 2.46. The molecule has 3 heterocycles. The number of aromatic nitrogens is 4. The number of rotatable bonds is 8. The number of carbonyl (C=O) groups excluding carboxylic acids is 2. The lowest BCUT2D eigenvalue weighted by atomic mass is 10.0. The molecule has 1 aliphatic rings. The Bertz CT molecular complexity index is 1340. The SMILES string of the molecule is CN(C)c1ncnc2c1ncn2C1OC(CO)C(NC(=O)C(Cc2ccc(F)cc2)NC(=O)OC(C)(C)C)[C@H]1O. The highest BCUT2D eigenvalue weighted by Crippen LogP contribution is 2.32. The van der Waals surface area contributed by atoms with Gasteiger partial charge in [0.05, 0.1) is 19.0 Å². The minimum absolute atomic E-state index is 0.0125. The lowest BCUT2D eigenvalue weighted by molar-refractivity contribution is -0.125. The van der Waals surface area contributed by atoms with Gasteiger partial charge < -0.3 is 35.2 Å². The number of aliphatic hydroxyl groups is 2. The van der Waals surface area contributed by atoms with Crippen LogP contribution in [-0.4, -0.2) is 92.3 Å². The third-order valence-electron chi connectivity index (χ3n) is 6.26. The number of nitrogens with one attached hydrogen (secondary N) is 2. The minimum Gasteiger partial charge on any atom is -0.444 e. The first kappa shape index (κ1) is 29.1. The van der Waals surface area contributed by atoms with Gasteiger partial charge in [0.25, 0.3) is 0 Å². The summed E-state index contributed by atoms with van der Waals surface area (Å²) in [4.78, 5) is 40.6. The molecule has 1 fully saturated rings. The number of halogens is 1. The number of carbonyl (C=O) groups is 2. The maximum atomic E-state index is 13.5. The minimum atomic E-state index is -1.32. The van der Waals surface area contributed by atoms with E-state index in [2.05, 4.69) is 25.6 Å². The van der Waals surface area contributed by atoms with E-state index in [0.717, 1.165) is 0 Å². The molecule has 216 valence electrons. The van der Waals surface area contributed by atoms with Crippen LogP contribution in [-0.2, 0) is 20.7 Å². The Hall–Kier alpha value is -3.88. The van der Waals surface area contributed by atoms with Crippen molar-refractivity contribution in [1.82, 2.24) is 30.2 Å². The molecule has 4 N–H and O–H groups in total. The number of amides is 2. The van der Waals surface area contributed by atoms with Gasteiger partial charge in [-0.15, -0.1) is 0 Å². The monoisotopic (exact) mass is 559 g/mol. The quantitative estimate of drug-likeness (QED) is 0.312. The molecular weight excluding hydrogens is 525 g/mol. The molecule has 1 aliphatic heterocycles. The zero-order valence-corrected chi connectivity index (χ0v) is 22.9. The van der Waals surface area contributed by atoms with Gasteiger partial charge in [0.1, 0.15) is 36.0 Å². The number of aliphatic hydroxyl groups excluding tert-OH is 2. The summed E-state index contributed by atoms with van der Waals surface area (Å²) in [6, 6.07) is 3.31. The fourth-order valence-electron chi connectivity index (χ4n) is 4.44. The molecule has 13 nitrogen and oxygen atoms in total. The number of imidazole rings is 1. The molecule has 1 saturated heterocycles. The van der Waals surface area contributed by atoms with Crippen LogP contribution in [0.25, 0.3) is 11.2 Å². The maximum absolute atomic E-state index is 13.5. The van der Waals surface area contributed by atoms with Crippen LogP contribution >= 0.6 is 0 Å². The van der Waals surface area contributed by atoms with Crippen LogP contribution in [0, 0.1) is 5.82 Å². The van der Waals surface area contributed by atoms with E-state index >= 15 is 0 Å². The van der Waals surface area contributed by atoms with E-state index in [9.17, 15) is 24.2 Å². The van der Waals surface area contributed by atoms with Gasteiger partial charge in [0.15, 0.2) is 23.2 Å². The number of hydrogen-bond acceptors (Lipinski definition) is 10. The van der Waals surface area contributed by atoms with Crippen LogP contribution in [0.15, 0.2) is 36.9 Å². The first-order valence-corrected chi connectivity index (χ1v) is 12.7. The van der Waals surface area contributed by atoms with E-state index in [4.69, 9.17) is 9.47 Å². The van der Waals surface area contributed by atoms with Crippen LogP contribution in [0.3, 0.4) is 0 Å². The predicted octanol–water partition coefficient (Wildman–Crippen LogP) is 0.903. The standard InChI is InChI=1S/C26H34FN7O6/c1-26(2,3)40-25(38)31-16(10-14-6-8-15(27)9-7-14)23(37)32-18-17(11-35)39-24(20(18)36)34-13-30-19-21(33(4)5)28-12-29-22(19)34/h6-9,12-13,16-18,20,24,35-36H,10-11H2,1-5H3,(H,31,38)(H,32,37)/t16?,17?,18?,20-,24?/m1/s1. The smallest absolute Gasteiger partial charge is 0.408 e. The summed E-state index contributed by atoms with van der Waals surface area (Å²) in [7, 11) is 3.62. The van der Waals surface area contributed by atoms with Crippen molar-refractivity contribution < 1.29 is 33.7 Å². The van der Waals surface area contributed by atoms with Crippen LogP contribution in [0.1, 0.15) is 32.6 Å². The second-order valence-corrected chi connectivity index (χ2v) is 10.7. The summed E-state index contributed by atoms with van der Waals surface area (Å²) in [5.41, 5.74) is 0.651. The Labute approximate surface area is 230 Å². The van der Waals surface area contributed by atoms with Crippen LogP contribution in [0.5, 0.6) is 0 Å². The molecule has 0 spiro atoms. The van der Waals surface area contributed by atoms with Crippen molar-refractivity contribution in [3.05, 3.63) is 48.3 Å². The van der Waals surface area contributed by atoms with Gasteiger partial charge in [0.2, 0.25) is 5.91 Å². The zero-order valence-electron chi connectivity index (χ0n) is 22.9. The first-order valence-electron chi connectivity index (χ1n) is 12.7. The van der Waals surface area contributed by atoms with Crippen molar-refractivity contribution in [2.45, 2.75) is 63.3 Å². The highest BCUT2D eigenvalue weighted by atomic mass is 19.1. The largest absolute Gasteiger partial charge is 0.444 e. The molecule has 14 heteroatoms. The Balaban J connectivity index is 1.56. The fraction of sp³-hybridized carbons (Fsp3) is 0.500. The van der Waals surface area contributed by atoms with Gasteiger partial charge in [-0.3, -0.25) is 9.36 Å².